The largest absolute Gasteiger partial charge is 0.369 e. The molecule has 0 saturated heterocycles. The minimum Gasteiger partial charge on any atom is -0.369 e. The van der Waals surface area contributed by atoms with Crippen molar-refractivity contribution < 1.29 is 0 Å². The Kier molecular flexibility index (Phi) is 4.23. The fourth-order valence-corrected chi connectivity index (χ4v) is 1.12. The summed E-state index contributed by atoms with van der Waals surface area (Å²) in [5.74, 6) is 1.65. The van der Waals surface area contributed by atoms with Crippen molar-refractivity contribution in [1.29, 1.82) is 0 Å². The van der Waals surface area contributed by atoms with Crippen LogP contribution in [0.1, 0.15) is 26.7 Å². The molecule has 0 aromatic carbocycles. The van der Waals surface area contributed by atoms with Gasteiger partial charge < -0.3 is 5.32 Å². The van der Waals surface area contributed by atoms with Gasteiger partial charge in [-0.25, -0.2) is 4.98 Å². The first-order valence-electron chi connectivity index (χ1n) is 4.79. The van der Waals surface area contributed by atoms with Crippen molar-refractivity contribution in [2.45, 2.75) is 26.7 Å². The van der Waals surface area contributed by atoms with Gasteiger partial charge in [-0.2, -0.15) is 0 Å². The molecule has 1 heterocycles. The second-order valence-corrected chi connectivity index (χ2v) is 3.55. The van der Waals surface area contributed by atoms with E-state index in [1.165, 1.54) is 12.8 Å². The lowest BCUT2D eigenvalue weighted by Gasteiger charge is -2.05. The number of anilines is 1. The molecule has 1 rings (SSSR count). The second-order valence-electron chi connectivity index (χ2n) is 3.55. The van der Waals surface area contributed by atoms with E-state index >= 15 is 0 Å². The van der Waals surface area contributed by atoms with Gasteiger partial charge in [0.15, 0.2) is 0 Å². The molecule has 0 spiro atoms. The van der Waals surface area contributed by atoms with Crippen molar-refractivity contribution in [3.8, 4) is 0 Å². The third-order valence-corrected chi connectivity index (χ3v) is 1.83. The molecule has 0 saturated carbocycles. The van der Waals surface area contributed by atoms with Crippen molar-refractivity contribution in [3.63, 3.8) is 0 Å². The summed E-state index contributed by atoms with van der Waals surface area (Å²) in [6, 6.07) is 0. The fraction of sp³-hybridized carbons (Fsp3) is 0.600. The molecule has 0 radical (unpaired) electrons. The summed E-state index contributed by atoms with van der Waals surface area (Å²) < 4.78 is 0. The van der Waals surface area contributed by atoms with E-state index in [1.54, 1.807) is 18.6 Å². The molecule has 0 amide bonds. The lowest BCUT2D eigenvalue weighted by Crippen LogP contribution is -2.04. The molecule has 13 heavy (non-hydrogen) atoms. The molecule has 0 unspecified atom stereocenters. The zero-order valence-electron chi connectivity index (χ0n) is 8.33. The molecule has 1 N–H and O–H groups in total. The minimum absolute atomic E-state index is 0.781. The van der Waals surface area contributed by atoms with Crippen LogP contribution in [0.3, 0.4) is 0 Å². The van der Waals surface area contributed by atoms with Gasteiger partial charge in [-0.15, -0.1) is 0 Å². The summed E-state index contributed by atoms with van der Waals surface area (Å²) in [6.45, 7) is 5.46. The third kappa shape index (κ3) is 4.45. The van der Waals surface area contributed by atoms with Gasteiger partial charge in [0.05, 0.1) is 6.20 Å². The molecule has 3 heteroatoms. The zero-order valence-corrected chi connectivity index (χ0v) is 8.33. The summed E-state index contributed by atoms with van der Waals surface area (Å²) >= 11 is 0. The van der Waals surface area contributed by atoms with Gasteiger partial charge in [0.1, 0.15) is 5.82 Å². The number of hydrogen-bond donors (Lipinski definition) is 1. The number of nitrogens with one attached hydrogen (secondary N) is 1. The Balaban J connectivity index is 2.13. The molecule has 72 valence electrons. The van der Waals surface area contributed by atoms with Crippen molar-refractivity contribution in [1.82, 2.24) is 9.97 Å². The summed E-state index contributed by atoms with van der Waals surface area (Å²) in [6.07, 6.45) is 7.57. The van der Waals surface area contributed by atoms with Crippen LogP contribution < -0.4 is 5.32 Å². The maximum absolute atomic E-state index is 4.12. The number of nitrogens with zero attached hydrogens (tertiary/aromatic N) is 2. The first-order chi connectivity index (χ1) is 6.29. The van der Waals surface area contributed by atoms with Crippen molar-refractivity contribution in [2.24, 2.45) is 5.92 Å². The molecule has 1 aromatic heterocycles. The standard InChI is InChI=1S/C10H17N3/c1-9(2)4-3-5-12-10-8-11-6-7-13-10/h6-9H,3-5H2,1-2H3,(H,12,13). The summed E-state index contributed by atoms with van der Waals surface area (Å²) in [4.78, 5) is 8.10. The topological polar surface area (TPSA) is 37.8 Å². The van der Waals surface area contributed by atoms with Crippen LogP contribution in [0.5, 0.6) is 0 Å². The molecule has 0 bridgehead atoms. The quantitative estimate of drug-likeness (QED) is 0.705. The van der Waals surface area contributed by atoms with E-state index in [0.29, 0.717) is 0 Å². The number of rotatable bonds is 5. The summed E-state index contributed by atoms with van der Waals surface area (Å²) in [5, 5.41) is 3.23. The number of hydrogen-bond acceptors (Lipinski definition) is 3. The molecule has 3 nitrogen and oxygen atoms in total. The van der Waals surface area contributed by atoms with E-state index in [4.69, 9.17) is 0 Å². The molecule has 0 atom stereocenters. The van der Waals surface area contributed by atoms with E-state index in [-0.39, 0.29) is 0 Å². The summed E-state index contributed by atoms with van der Waals surface area (Å²) in [5.41, 5.74) is 0. The highest BCUT2D eigenvalue weighted by Gasteiger charge is 1.94. The van der Waals surface area contributed by atoms with E-state index in [2.05, 4.69) is 29.1 Å². The smallest absolute Gasteiger partial charge is 0.144 e. The van der Waals surface area contributed by atoms with Gasteiger partial charge in [-0.1, -0.05) is 13.8 Å². The van der Waals surface area contributed by atoms with Crippen molar-refractivity contribution in [3.05, 3.63) is 18.6 Å². The maximum atomic E-state index is 4.12. The van der Waals surface area contributed by atoms with E-state index < -0.39 is 0 Å². The Hall–Kier alpha value is -1.12. The van der Waals surface area contributed by atoms with Gasteiger partial charge >= 0.3 is 0 Å². The van der Waals surface area contributed by atoms with Crippen molar-refractivity contribution in [2.75, 3.05) is 11.9 Å². The molecule has 1 aromatic rings. The lowest BCUT2D eigenvalue weighted by molar-refractivity contribution is 0.566. The minimum atomic E-state index is 0.781. The Morgan fingerprint density at radius 3 is 2.85 bits per heavy atom. The van der Waals surface area contributed by atoms with E-state index in [1.807, 2.05) is 0 Å². The fourth-order valence-electron chi connectivity index (χ4n) is 1.12. The summed E-state index contributed by atoms with van der Waals surface area (Å²) in [7, 11) is 0. The monoisotopic (exact) mass is 179 g/mol. The zero-order chi connectivity index (χ0) is 9.52. The van der Waals surface area contributed by atoms with Gasteiger partial charge in [-0.05, 0) is 18.8 Å². The molecule has 0 aliphatic rings. The molecule has 0 aliphatic heterocycles. The van der Waals surface area contributed by atoms with Gasteiger partial charge in [0.25, 0.3) is 0 Å². The number of aromatic nitrogens is 2. The predicted molar refractivity (Wildman–Crippen MR) is 54.6 cm³/mol. The highest BCUT2D eigenvalue weighted by atomic mass is 15.0. The first kappa shape index (κ1) is 9.96. The Bertz CT molecular complexity index is 221. The van der Waals surface area contributed by atoms with Crippen LogP contribution in [0, 0.1) is 5.92 Å². The molecule has 0 fully saturated rings. The highest BCUT2D eigenvalue weighted by Crippen LogP contribution is 2.04. The normalized spacial score (nSPS) is 10.4. The van der Waals surface area contributed by atoms with Crippen LogP contribution in [0.4, 0.5) is 5.82 Å². The lowest BCUT2D eigenvalue weighted by atomic mass is 10.1. The average molecular weight is 179 g/mol. The van der Waals surface area contributed by atoms with Crippen LogP contribution in [0.15, 0.2) is 18.6 Å². The van der Waals surface area contributed by atoms with E-state index in [0.717, 1.165) is 18.3 Å². The van der Waals surface area contributed by atoms with Crippen molar-refractivity contribution >= 4 is 5.82 Å². The van der Waals surface area contributed by atoms with Crippen LogP contribution in [0.2, 0.25) is 0 Å². The van der Waals surface area contributed by atoms with Gasteiger partial charge in [0.2, 0.25) is 0 Å². The van der Waals surface area contributed by atoms with Crippen LogP contribution >= 0.6 is 0 Å². The maximum Gasteiger partial charge on any atom is 0.144 e. The first-order valence-corrected chi connectivity index (χ1v) is 4.79. The van der Waals surface area contributed by atoms with Crippen LogP contribution in [-0.2, 0) is 0 Å². The predicted octanol–water partition coefficient (Wildman–Crippen LogP) is 2.32. The Labute approximate surface area is 79.6 Å². The van der Waals surface area contributed by atoms with E-state index in [9.17, 15) is 0 Å². The van der Waals surface area contributed by atoms with Crippen LogP contribution in [0.25, 0.3) is 0 Å². The SMILES string of the molecule is CC(C)CCCNc1cnccn1. The average Bonchev–Trinajstić information content (AvgIpc) is 2.14. The Morgan fingerprint density at radius 2 is 2.23 bits per heavy atom. The molecular weight excluding hydrogens is 162 g/mol. The molecule has 0 aliphatic carbocycles. The second kappa shape index (κ2) is 5.51. The Morgan fingerprint density at radius 1 is 1.38 bits per heavy atom. The van der Waals surface area contributed by atoms with Gasteiger partial charge in [-0.3, -0.25) is 4.98 Å². The van der Waals surface area contributed by atoms with Crippen LogP contribution in [-0.4, -0.2) is 16.5 Å². The molecular formula is C10H17N3. The third-order valence-electron chi connectivity index (χ3n) is 1.83. The highest BCUT2D eigenvalue weighted by molar-refractivity contribution is 5.29. The van der Waals surface area contributed by atoms with Gasteiger partial charge in [0, 0.05) is 18.9 Å².